The number of benzene rings is 2. The van der Waals surface area contributed by atoms with Crippen molar-refractivity contribution in [1.29, 1.82) is 0 Å². The number of aromatic nitrogens is 3. The molecule has 1 N–H and O–H groups in total. The van der Waals surface area contributed by atoms with Crippen LogP contribution in [0.25, 0.3) is 15.3 Å². The smallest absolute Gasteiger partial charge is 0.194 e. The average Bonchev–Trinajstić information content (AvgIpc) is 3.57. The van der Waals surface area contributed by atoms with E-state index < -0.39 is 0 Å². The number of hydrogen-bond donors (Lipinski definition) is 1. The number of fused-ring (bicyclic) bond motifs is 1. The van der Waals surface area contributed by atoms with Crippen LogP contribution in [0.5, 0.6) is 0 Å². The maximum absolute atomic E-state index is 5.84. The van der Waals surface area contributed by atoms with Crippen LogP contribution in [-0.2, 0) is 6.54 Å². The van der Waals surface area contributed by atoms with Crippen LogP contribution in [0, 0.1) is 0 Å². The van der Waals surface area contributed by atoms with Gasteiger partial charge in [-0.1, -0.05) is 59.9 Å². The van der Waals surface area contributed by atoms with Gasteiger partial charge < -0.3 is 10.2 Å². The highest BCUT2D eigenvalue weighted by atomic mass is 32.1. The van der Waals surface area contributed by atoms with E-state index in [1.54, 1.807) is 11.3 Å². The Bertz CT molecular complexity index is 1380. The molecule has 0 saturated carbocycles. The molecule has 0 aliphatic carbocycles. The first kappa shape index (κ1) is 20.1. The lowest BCUT2D eigenvalue weighted by molar-refractivity contribution is 0.302. The quantitative estimate of drug-likeness (QED) is 0.338. The van der Waals surface area contributed by atoms with E-state index in [1.807, 2.05) is 30.5 Å². The van der Waals surface area contributed by atoms with Crippen molar-refractivity contribution in [3.8, 4) is 5.13 Å². The van der Waals surface area contributed by atoms with Gasteiger partial charge in [-0.2, -0.15) is 0 Å². The Balaban J connectivity index is 1.46. The molecule has 0 amide bonds. The van der Waals surface area contributed by atoms with E-state index in [4.69, 9.17) is 17.2 Å². The van der Waals surface area contributed by atoms with Crippen molar-refractivity contribution in [1.82, 2.24) is 24.8 Å². The van der Waals surface area contributed by atoms with Crippen LogP contribution >= 0.6 is 23.6 Å². The number of thiazole rings is 1. The van der Waals surface area contributed by atoms with Gasteiger partial charge in [-0.3, -0.25) is 9.55 Å². The molecule has 0 spiro atoms. The number of nitrogens with one attached hydrogen (secondary N) is 1. The van der Waals surface area contributed by atoms with Crippen LogP contribution < -0.4 is 5.32 Å². The zero-order valence-corrected chi connectivity index (χ0v) is 19.3. The molecule has 4 heterocycles. The highest BCUT2D eigenvalue weighted by molar-refractivity contribution is 7.80. The Morgan fingerprint density at radius 1 is 0.909 bits per heavy atom. The van der Waals surface area contributed by atoms with E-state index in [1.165, 1.54) is 10.3 Å². The van der Waals surface area contributed by atoms with E-state index in [-0.39, 0.29) is 12.1 Å². The summed E-state index contributed by atoms with van der Waals surface area (Å²) in [6.07, 6.45) is 3.92. The molecule has 5 nitrogen and oxygen atoms in total. The number of para-hydroxylation sites is 1. The van der Waals surface area contributed by atoms with Crippen molar-refractivity contribution in [2.45, 2.75) is 18.6 Å². The third-order valence-corrected chi connectivity index (χ3v) is 7.35. The van der Waals surface area contributed by atoms with Gasteiger partial charge >= 0.3 is 0 Å². The second-order valence-electron chi connectivity index (χ2n) is 8.01. The molecule has 0 bridgehead atoms. The van der Waals surface area contributed by atoms with Gasteiger partial charge in [0.05, 0.1) is 33.7 Å². The molecule has 2 atom stereocenters. The van der Waals surface area contributed by atoms with Gasteiger partial charge in [0, 0.05) is 18.9 Å². The molecule has 33 heavy (non-hydrogen) atoms. The van der Waals surface area contributed by atoms with E-state index in [0.717, 1.165) is 27.1 Å². The zero-order valence-electron chi connectivity index (χ0n) is 17.7. The zero-order chi connectivity index (χ0) is 22.2. The lowest BCUT2D eigenvalue weighted by atomic mass is 10.0. The minimum absolute atomic E-state index is 0.0328. The third kappa shape index (κ3) is 3.69. The minimum atomic E-state index is -0.0644. The number of nitrogens with zero attached hydrogens (tertiary/aromatic N) is 4. The number of rotatable bonds is 5. The summed E-state index contributed by atoms with van der Waals surface area (Å²) in [6.45, 7) is 0.714. The van der Waals surface area contributed by atoms with E-state index >= 15 is 0 Å². The van der Waals surface area contributed by atoms with Gasteiger partial charge in [-0.25, -0.2) is 4.98 Å². The van der Waals surface area contributed by atoms with Crippen molar-refractivity contribution in [3.63, 3.8) is 0 Å². The van der Waals surface area contributed by atoms with Gasteiger partial charge in [0.25, 0.3) is 0 Å². The number of hydrogen-bond acceptors (Lipinski definition) is 4. The summed E-state index contributed by atoms with van der Waals surface area (Å²) in [5.41, 5.74) is 4.33. The van der Waals surface area contributed by atoms with Crippen LogP contribution in [0.15, 0.2) is 97.3 Å². The first-order chi connectivity index (χ1) is 16.3. The minimum Gasteiger partial charge on any atom is -0.352 e. The standard InChI is InChI=1S/C26H21N5S2/c32-25-29-23(20-12-6-7-15-27-20)24(31(25)17-18-9-2-1-3-10-18)21-13-8-16-30(21)26-28-19-11-4-5-14-22(19)33-26/h1-16,23-24H,17H2,(H,29,32)/t23-,24-/m0/s1. The summed E-state index contributed by atoms with van der Waals surface area (Å²) in [5, 5.41) is 5.23. The lowest BCUT2D eigenvalue weighted by Crippen LogP contribution is -2.30. The first-order valence-corrected chi connectivity index (χ1v) is 12.1. The molecular formula is C26H21N5S2. The summed E-state index contributed by atoms with van der Waals surface area (Å²) in [6, 6.07) is 28.9. The SMILES string of the molecule is S=C1N[C@@H](c2ccccn2)[C@H](c2cccn2-c2nc3ccccc3s2)N1Cc1ccccc1. The molecule has 0 unspecified atom stereocenters. The second kappa shape index (κ2) is 8.42. The maximum atomic E-state index is 5.84. The van der Waals surface area contributed by atoms with Gasteiger partial charge in [0.15, 0.2) is 10.2 Å². The molecular weight excluding hydrogens is 446 g/mol. The van der Waals surface area contributed by atoms with E-state index in [0.29, 0.717) is 6.54 Å². The Hall–Kier alpha value is -3.55. The highest BCUT2D eigenvalue weighted by Crippen LogP contribution is 2.41. The molecule has 1 saturated heterocycles. The van der Waals surface area contributed by atoms with Crippen LogP contribution in [0.1, 0.15) is 29.0 Å². The Kier molecular flexibility index (Phi) is 5.13. The Labute approximate surface area is 201 Å². The fourth-order valence-corrected chi connectivity index (χ4v) is 5.73. The van der Waals surface area contributed by atoms with Gasteiger partial charge in [-0.05, 0) is 54.2 Å². The van der Waals surface area contributed by atoms with Crippen molar-refractivity contribution in [2.24, 2.45) is 0 Å². The fourth-order valence-electron chi connectivity index (χ4n) is 4.45. The number of thiocarbonyl (C=S) groups is 1. The normalized spacial score (nSPS) is 18.1. The van der Waals surface area contributed by atoms with Crippen LogP contribution in [-0.4, -0.2) is 24.5 Å². The molecule has 5 aromatic rings. The predicted octanol–water partition coefficient (Wildman–Crippen LogP) is 5.65. The molecule has 162 valence electrons. The lowest BCUT2D eigenvalue weighted by Gasteiger charge is -2.28. The second-order valence-corrected chi connectivity index (χ2v) is 9.40. The van der Waals surface area contributed by atoms with Crippen molar-refractivity contribution in [2.75, 3.05) is 0 Å². The molecule has 1 aliphatic heterocycles. The summed E-state index contributed by atoms with van der Waals surface area (Å²) >= 11 is 7.54. The van der Waals surface area contributed by atoms with Crippen molar-refractivity contribution < 1.29 is 0 Å². The molecule has 2 aromatic carbocycles. The highest BCUT2D eigenvalue weighted by Gasteiger charge is 2.41. The summed E-state index contributed by atoms with van der Waals surface area (Å²) < 4.78 is 3.37. The van der Waals surface area contributed by atoms with Crippen molar-refractivity contribution in [3.05, 3.63) is 114 Å². The third-order valence-electron chi connectivity index (χ3n) is 5.97. The number of pyridine rings is 1. The molecule has 6 rings (SSSR count). The van der Waals surface area contributed by atoms with Gasteiger partial charge in [-0.15, -0.1) is 0 Å². The van der Waals surface area contributed by atoms with Gasteiger partial charge in [0.1, 0.15) is 0 Å². The summed E-state index contributed by atoms with van der Waals surface area (Å²) in [4.78, 5) is 11.8. The summed E-state index contributed by atoms with van der Waals surface area (Å²) in [7, 11) is 0. The van der Waals surface area contributed by atoms with E-state index in [9.17, 15) is 0 Å². The Morgan fingerprint density at radius 3 is 2.55 bits per heavy atom. The molecule has 0 radical (unpaired) electrons. The van der Waals surface area contributed by atoms with E-state index in [2.05, 4.69) is 86.6 Å². The molecule has 3 aromatic heterocycles. The van der Waals surface area contributed by atoms with Crippen molar-refractivity contribution >= 4 is 38.9 Å². The monoisotopic (exact) mass is 467 g/mol. The molecule has 1 aliphatic rings. The maximum Gasteiger partial charge on any atom is 0.194 e. The largest absolute Gasteiger partial charge is 0.352 e. The topological polar surface area (TPSA) is 46.0 Å². The van der Waals surface area contributed by atoms with Crippen LogP contribution in [0.4, 0.5) is 0 Å². The Morgan fingerprint density at radius 2 is 1.73 bits per heavy atom. The summed E-state index contributed by atoms with van der Waals surface area (Å²) in [5.74, 6) is 0. The first-order valence-electron chi connectivity index (χ1n) is 10.8. The molecule has 1 fully saturated rings. The predicted molar refractivity (Wildman–Crippen MR) is 136 cm³/mol. The average molecular weight is 468 g/mol. The van der Waals surface area contributed by atoms with Gasteiger partial charge in [0.2, 0.25) is 0 Å². The van der Waals surface area contributed by atoms with Crippen LogP contribution in [0.3, 0.4) is 0 Å². The molecule has 7 heteroatoms. The van der Waals surface area contributed by atoms with Crippen LogP contribution in [0.2, 0.25) is 0 Å². The fraction of sp³-hybridized carbons (Fsp3) is 0.115.